The van der Waals surface area contributed by atoms with Gasteiger partial charge in [-0.2, -0.15) is 26.0 Å². The van der Waals surface area contributed by atoms with Crippen molar-refractivity contribution >= 4 is 34.0 Å². The standard InChI is InChI=1S/C18H22F6O4.C12H14F2O4.C11H14F2O5S/c1-14(19,20)7-26-13(25)15-4-10-2-11(5-15)18(12(3-10)6-15)27-8-16(21,22)17(23,24)9-28-18;1-11(13,14)5-17-10(16)12-4-6-2-7(8(12)3-6)9(15)18-12;1-10(12,13)5-17-9(14)11-4-6-2-7(11)8(3-6)19(15,16)18-11/h10-12H,2-9H2,1H3;6-8H,2-5H2,1H3;6-8H,2-5H2,1H3. The molecule has 8 saturated carbocycles. The van der Waals surface area contributed by atoms with E-state index in [9.17, 15) is 71.5 Å². The number of halogens is 10. The first kappa shape index (κ1) is 48.5. The van der Waals surface area contributed by atoms with Gasteiger partial charge in [-0.05, 0) is 82.0 Å². The van der Waals surface area contributed by atoms with Gasteiger partial charge < -0.3 is 28.4 Å². The normalized spacial score (nSPS) is 41.2. The largest absolute Gasteiger partial charge is 0.459 e. The van der Waals surface area contributed by atoms with E-state index < -0.39 is 136 Å². The Kier molecular flexibility index (Phi) is 11.6. The Morgan fingerprint density at radius 1 is 0.615 bits per heavy atom. The molecule has 0 amide bonds. The van der Waals surface area contributed by atoms with Crippen LogP contribution in [0, 0.1) is 52.8 Å². The van der Waals surface area contributed by atoms with Crippen molar-refractivity contribution in [2.45, 2.75) is 143 Å². The quantitative estimate of drug-likeness (QED) is 0.105. The average Bonchev–Trinajstić information content (AvgIpc) is 3.99. The van der Waals surface area contributed by atoms with E-state index in [4.69, 9.17) is 23.1 Å². The molecule has 1 spiro atoms. The van der Waals surface area contributed by atoms with Gasteiger partial charge in [-0.15, -0.1) is 0 Å². The summed E-state index contributed by atoms with van der Waals surface area (Å²) < 4.78 is 191. The van der Waals surface area contributed by atoms with Gasteiger partial charge in [0.1, 0.15) is 13.2 Å². The monoisotopic (exact) mass is 972 g/mol. The van der Waals surface area contributed by atoms with Crippen LogP contribution >= 0.6 is 0 Å². The fourth-order valence-corrected chi connectivity index (χ4v) is 14.9. The van der Waals surface area contributed by atoms with Crippen LogP contribution in [0.3, 0.4) is 0 Å². The molecule has 13 nitrogen and oxygen atoms in total. The van der Waals surface area contributed by atoms with Crippen molar-refractivity contribution in [1.29, 1.82) is 0 Å². The zero-order chi connectivity index (χ0) is 47.8. The van der Waals surface area contributed by atoms with E-state index in [1.165, 1.54) is 0 Å². The van der Waals surface area contributed by atoms with E-state index in [1.54, 1.807) is 0 Å². The minimum atomic E-state index is -4.35. The number of alkyl halides is 10. The van der Waals surface area contributed by atoms with Crippen LogP contribution in [0.2, 0.25) is 0 Å². The Morgan fingerprint density at radius 3 is 1.55 bits per heavy atom. The van der Waals surface area contributed by atoms with E-state index in [2.05, 4.69) is 9.47 Å². The number of carbonyl (C=O) groups excluding carboxylic acids is 4. The molecular weight excluding hydrogens is 922 g/mol. The molecule has 3 aliphatic heterocycles. The summed E-state index contributed by atoms with van der Waals surface area (Å²) in [5, 5.41) is -0.680. The molecule has 3 heterocycles. The minimum absolute atomic E-state index is 0.0503. The lowest BCUT2D eigenvalue weighted by Crippen LogP contribution is -2.65. The molecule has 8 aliphatic carbocycles. The predicted molar refractivity (Wildman–Crippen MR) is 196 cm³/mol. The number of fused-ring (bicyclic) bond motifs is 2. The molecule has 11 rings (SSSR count). The van der Waals surface area contributed by atoms with Gasteiger partial charge in [0.2, 0.25) is 5.60 Å². The Hall–Kier alpha value is -2.99. The Morgan fingerprint density at radius 2 is 1.06 bits per heavy atom. The molecule has 24 heteroatoms. The molecule has 10 unspecified atom stereocenters. The average molecular weight is 973 g/mol. The van der Waals surface area contributed by atoms with Crippen molar-refractivity contribution in [3.8, 4) is 0 Å². The van der Waals surface area contributed by atoms with Gasteiger partial charge in [0.15, 0.2) is 31.2 Å². The van der Waals surface area contributed by atoms with Crippen molar-refractivity contribution in [3.63, 3.8) is 0 Å². The highest BCUT2D eigenvalue weighted by atomic mass is 32.2. The molecule has 11 aliphatic rings. The second kappa shape index (κ2) is 15.5. The lowest BCUT2D eigenvalue weighted by Gasteiger charge is -2.62. The summed E-state index contributed by atoms with van der Waals surface area (Å²) in [6.45, 7) is -4.02. The summed E-state index contributed by atoms with van der Waals surface area (Å²) in [7, 11) is -3.78. The number of hydrogen-bond acceptors (Lipinski definition) is 13. The molecule has 65 heavy (non-hydrogen) atoms. The fraction of sp³-hybridized carbons (Fsp3) is 0.902. The molecular formula is C41H50F10O13S. The molecule has 3 saturated heterocycles. The number of carbonyl (C=O) groups is 4. The maximum atomic E-state index is 13.8. The molecule has 11 fully saturated rings. The maximum absolute atomic E-state index is 13.8. The van der Waals surface area contributed by atoms with Crippen LogP contribution in [0.15, 0.2) is 0 Å². The first-order valence-corrected chi connectivity index (χ1v) is 23.1. The maximum Gasteiger partial charge on any atom is 0.351 e. The smallest absolute Gasteiger partial charge is 0.351 e. The minimum Gasteiger partial charge on any atom is -0.459 e. The van der Waals surface area contributed by atoms with Gasteiger partial charge in [-0.25, -0.2) is 35.9 Å². The zero-order valence-electron chi connectivity index (χ0n) is 35.5. The number of rotatable bonds is 9. The summed E-state index contributed by atoms with van der Waals surface area (Å²) >= 11 is 0. The van der Waals surface area contributed by atoms with Crippen LogP contribution in [0.5, 0.6) is 0 Å². The molecule has 0 N–H and O–H groups in total. The summed E-state index contributed by atoms with van der Waals surface area (Å²) in [4.78, 5) is 48.2. The van der Waals surface area contributed by atoms with Crippen molar-refractivity contribution < 1.29 is 104 Å². The van der Waals surface area contributed by atoms with Gasteiger partial charge >= 0.3 is 35.7 Å². The van der Waals surface area contributed by atoms with Gasteiger partial charge in [0.05, 0.1) is 16.6 Å². The topological polar surface area (TPSA) is 167 Å². The Bertz CT molecular complexity index is 2020. The van der Waals surface area contributed by atoms with Crippen molar-refractivity contribution in [1.82, 2.24) is 0 Å². The fourth-order valence-electron chi connectivity index (χ4n) is 12.9. The molecule has 10 atom stereocenters. The number of hydrogen-bond donors (Lipinski definition) is 0. The Labute approximate surface area is 366 Å². The van der Waals surface area contributed by atoms with Crippen LogP contribution < -0.4 is 0 Å². The van der Waals surface area contributed by atoms with E-state index in [0.717, 1.165) is 12.8 Å². The first-order chi connectivity index (χ1) is 29.7. The summed E-state index contributed by atoms with van der Waals surface area (Å²) in [6, 6.07) is 0. The van der Waals surface area contributed by atoms with E-state index >= 15 is 0 Å². The number of esters is 4. The van der Waals surface area contributed by atoms with Crippen LogP contribution in [0.4, 0.5) is 43.9 Å². The first-order valence-electron chi connectivity index (χ1n) is 21.6. The second-order valence-electron chi connectivity index (χ2n) is 20.5. The highest BCUT2D eigenvalue weighted by Crippen LogP contribution is 2.67. The third kappa shape index (κ3) is 8.51. The highest BCUT2D eigenvalue weighted by Gasteiger charge is 2.73. The summed E-state index contributed by atoms with van der Waals surface area (Å²) in [6.07, 6.45) is 4.96. The van der Waals surface area contributed by atoms with Gasteiger partial charge in [-0.3, -0.25) is 13.8 Å². The van der Waals surface area contributed by atoms with Crippen LogP contribution in [-0.2, 0) is 61.9 Å². The second-order valence-corrected chi connectivity index (χ2v) is 22.2. The summed E-state index contributed by atoms with van der Waals surface area (Å²) in [5.41, 5.74) is -3.83. The molecule has 0 aromatic carbocycles. The molecule has 0 aromatic heterocycles. The van der Waals surface area contributed by atoms with E-state index in [1.807, 2.05) is 0 Å². The van der Waals surface area contributed by atoms with E-state index in [-0.39, 0.29) is 54.8 Å². The van der Waals surface area contributed by atoms with Crippen LogP contribution in [0.25, 0.3) is 0 Å². The lowest BCUT2D eigenvalue weighted by molar-refractivity contribution is -0.346. The van der Waals surface area contributed by atoms with Crippen molar-refractivity contribution in [2.75, 3.05) is 33.0 Å². The molecule has 368 valence electrons. The van der Waals surface area contributed by atoms with Gasteiger partial charge in [0, 0.05) is 50.9 Å². The summed E-state index contributed by atoms with van der Waals surface area (Å²) in [5.74, 6) is -24.1. The zero-order valence-corrected chi connectivity index (χ0v) is 36.3. The highest BCUT2D eigenvalue weighted by molar-refractivity contribution is 7.87. The SMILES string of the molecule is CC(F)(F)COC(=O)C12CC3CC(C(=O)O1)C2C3.CC(F)(F)COC(=O)C12CC3CC(C1)C1(OCC(F)(F)C(F)(F)CO1)C(C3)C2.CC(F)(F)COC(=O)C12CC3CC1C(C3)S(=O)(=O)O2. The number of ether oxygens (including phenoxy) is 6. The van der Waals surface area contributed by atoms with Crippen molar-refractivity contribution in [3.05, 3.63) is 0 Å². The Balaban J connectivity index is 0.000000138. The van der Waals surface area contributed by atoms with Gasteiger partial charge in [-0.1, -0.05) is 0 Å². The molecule has 0 aromatic rings. The van der Waals surface area contributed by atoms with Crippen molar-refractivity contribution in [2.24, 2.45) is 52.8 Å². The van der Waals surface area contributed by atoms with Crippen LogP contribution in [0.1, 0.15) is 91.4 Å². The van der Waals surface area contributed by atoms with Crippen LogP contribution in [-0.4, -0.2) is 117 Å². The third-order valence-electron chi connectivity index (χ3n) is 15.2. The predicted octanol–water partition coefficient (Wildman–Crippen LogP) is 6.63. The third-order valence-corrected chi connectivity index (χ3v) is 17.0. The molecule has 8 bridgehead atoms. The van der Waals surface area contributed by atoms with E-state index in [0.29, 0.717) is 59.3 Å². The molecule has 0 radical (unpaired) electrons. The van der Waals surface area contributed by atoms with Gasteiger partial charge in [0.25, 0.3) is 27.9 Å². The lowest BCUT2D eigenvalue weighted by atomic mass is 9.47.